The Bertz CT molecular complexity index is 578. The van der Waals surface area contributed by atoms with E-state index in [9.17, 15) is 0 Å². The van der Waals surface area contributed by atoms with Crippen molar-refractivity contribution in [3.8, 4) is 12.1 Å². The maximum Gasteiger partial charge on any atom is 0.137 e. The quantitative estimate of drug-likeness (QED) is 0.625. The second kappa shape index (κ2) is 4.14. The van der Waals surface area contributed by atoms with Crippen LogP contribution in [0.2, 0.25) is 0 Å². The highest BCUT2D eigenvalue weighted by Gasteiger charge is 2.34. The van der Waals surface area contributed by atoms with Gasteiger partial charge in [-0.25, -0.2) is 0 Å². The molecule has 0 spiro atoms. The lowest BCUT2D eigenvalue weighted by atomic mass is 9.88. The average Bonchev–Trinajstić information content (AvgIpc) is 2.97. The first kappa shape index (κ1) is 10.8. The van der Waals surface area contributed by atoms with Gasteiger partial charge in [-0.3, -0.25) is 0 Å². The molecule has 0 bridgehead atoms. The molecule has 1 atom stereocenters. The van der Waals surface area contributed by atoms with Crippen molar-refractivity contribution >= 4 is 23.5 Å². The van der Waals surface area contributed by atoms with Crippen molar-refractivity contribution in [1.29, 1.82) is 10.5 Å². The maximum atomic E-state index is 9.02. The first-order chi connectivity index (χ1) is 8.35. The molecule has 0 N–H and O–H groups in total. The van der Waals surface area contributed by atoms with E-state index in [2.05, 4.69) is 12.2 Å². The number of nitriles is 2. The predicted molar refractivity (Wildman–Crippen MR) is 71.2 cm³/mol. The van der Waals surface area contributed by atoms with Crippen LogP contribution in [0, 0.1) is 22.7 Å². The van der Waals surface area contributed by atoms with Gasteiger partial charge in [-0.15, -0.1) is 23.5 Å². The average molecular weight is 256 g/mol. The Balaban J connectivity index is 2.22. The number of nitrogens with zero attached hydrogens (tertiary/aromatic N) is 2. The summed E-state index contributed by atoms with van der Waals surface area (Å²) in [6.07, 6.45) is 6.43. The molecule has 82 valence electrons. The minimum absolute atomic E-state index is 0.239. The fraction of sp³-hybridized carbons (Fsp3) is 0.231. The smallest absolute Gasteiger partial charge is 0.137 e. The summed E-state index contributed by atoms with van der Waals surface area (Å²) in [5.41, 5.74) is 3.61. The Morgan fingerprint density at radius 1 is 1.18 bits per heavy atom. The van der Waals surface area contributed by atoms with Crippen molar-refractivity contribution in [3.63, 3.8) is 0 Å². The molecule has 4 heteroatoms. The van der Waals surface area contributed by atoms with Gasteiger partial charge in [0.1, 0.15) is 17.7 Å². The number of allylic oxidation sites excluding steroid dienone is 4. The molecular weight excluding hydrogens is 248 g/mol. The van der Waals surface area contributed by atoms with Gasteiger partial charge in [-0.2, -0.15) is 10.5 Å². The Hall–Kier alpha value is -1.36. The maximum absolute atomic E-state index is 9.02. The first-order valence-corrected chi connectivity index (χ1v) is 7.30. The van der Waals surface area contributed by atoms with Crippen LogP contribution < -0.4 is 0 Å². The van der Waals surface area contributed by atoms with Crippen LogP contribution in [-0.4, -0.2) is 16.8 Å². The van der Waals surface area contributed by atoms with Crippen LogP contribution >= 0.6 is 23.5 Å². The molecule has 0 saturated heterocycles. The molecule has 0 radical (unpaired) electrons. The summed E-state index contributed by atoms with van der Waals surface area (Å²) in [4.78, 5) is 1.24. The van der Waals surface area contributed by atoms with Gasteiger partial charge in [-0.1, -0.05) is 12.2 Å². The third-order valence-corrected chi connectivity index (χ3v) is 5.24. The van der Waals surface area contributed by atoms with Crippen molar-refractivity contribution in [2.24, 2.45) is 0 Å². The van der Waals surface area contributed by atoms with Crippen molar-refractivity contribution in [3.05, 3.63) is 45.4 Å². The van der Waals surface area contributed by atoms with Crippen molar-refractivity contribution < 1.29 is 0 Å². The molecule has 1 unspecified atom stereocenters. The van der Waals surface area contributed by atoms with Gasteiger partial charge in [-0.05, 0) is 17.2 Å². The largest absolute Gasteiger partial charge is 0.192 e. The monoisotopic (exact) mass is 256 g/mol. The fourth-order valence-electron chi connectivity index (χ4n) is 2.28. The van der Waals surface area contributed by atoms with Crippen LogP contribution in [0.5, 0.6) is 0 Å². The molecule has 0 amide bonds. The summed E-state index contributed by atoms with van der Waals surface area (Å²) in [7, 11) is 0. The molecule has 0 aromatic carbocycles. The lowest BCUT2D eigenvalue weighted by molar-refractivity contribution is 1.17. The molecule has 2 nitrogen and oxygen atoms in total. The minimum Gasteiger partial charge on any atom is -0.192 e. The van der Waals surface area contributed by atoms with E-state index in [1.54, 1.807) is 11.8 Å². The van der Waals surface area contributed by atoms with Crippen LogP contribution in [0.3, 0.4) is 0 Å². The van der Waals surface area contributed by atoms with Crippen LogP contribution in [0.25, 0.3) is 0 Å². The zero-order chi connectivity index (χ0) is 11.8. The highest BCUT2D eigenvalue weighted by Crippen LogP contribution is 2.49. The van der Waals surface area contributed by atoms with E-state index < -0.39 is 0 Å². The van der Waals surface area contributed by atoms with E-state index in [4.69, 9.17) is 10.5 Å². The number of fused-ring (bicyclic) bond motifs is 3. The van der Waals surface area contributed by atoms with Gasteiger partial charge in [0.15, 0.2) is 0 Å². The molecule has 0 saturated carbocycles. The van der Waals surface area contributed by atoms with Crippen LogP contribution in [-0.2, 0) is 0 Å². The molecule has 0 fully saturated rings. The third-order valence-electron chi connectivity index (χ3n) is 3.04. The highest BCUT2D eigenvalue weighted by molar-refractivity contribution is 8.04. The van der Waals surface area contributed by atoms with Gasteiger partial charge < -0.3 is 0 Å². The normalized spacial score (nSPS) is 24.9. The summed E-state index contributed by atoms with van der Waals surface area (Å²) >= 11 is 3.67. The summed E-state index contributed by atoms with van der Waals surface area (Å²) in [6.45, 7) is 0. The molecule has 1 aliphatic carbocycles. The summed E-state index contributed by atoms with van der Waals surface area (Å²) < 4.78 is 0. The SMILES string of the molecule is N#CC(C#N)=C1C=C2SCC=C2C2SCC=C12. The lowest BCUT2D eigenvalue weighted by Crippen LogP contribution is -2.13. The van der Waals surface area contributed by atoms with Crippen LogP contribution in [0.15, 0.2) is 45.4 Å². The van der Waals surface area contributed by atoms with Gasteiger partial charge in [0.05, 0.1) is 5.25 Å². The van der Waals surface area contributed by atoms with E-state index in [1.807, 2.05) is 30.0 Å². The topological polar surface area (TPSA) is 47.6 Å². The van der Waals surface area contributed by atoms with Crippen molar-refractivity contribution in [2.75, 3.05) is 11.5 Å². The number of rotatable bonds is 0. The molecule has 2 heterocycles. The second-order valence-corrected chi connectivity index (χ2v) is 6.06. The van der Waals surface area contributed by atoms with Gasteiger partial charge in [0.2, 0.25) is 0 Å². The van der Waals surface area contributed by atoms with E-state index in [1.165, 1.54) is 10.5 Å². The van der Waals surface area contributed by atoms with Crippen molar-refractivity contribution in [2.45, 2.75) is 5.25 Å². The van der Waals surface area contributed by atoms with E-state index in [0.717, 1.165) is 22.7 Å². The predicted octanol–water partition coefficient (Wildman–Crippen LogP) is 2.94. The lowest BCUT2D eigenvalue weighted by Gasteiger charge is -2.23. The molecule has 3 aliphatic rings. The fourth-order valence-corrected chi connectivity index (χ4v) is 4.64. The molecule has 3 rings (SSSR count). The standard InChI is InChI=1S/C13H8N2S2/c14-6-8(7-15)11-5-12-10(2-3-16-12)13-9(11)1-4-17-13/h1-2,5,13H,3-4H2. The minimum atomic E-state index is 0.239. The summed E-state index contributed by atoms with van der Waals surface area (Å²) in [5, 5.41) is 18.4. The molecule has 17 heavy (non-hydrogen) atoms. The Kier molecular flexibility index (Phi) is 2.63. The zero-order valence-corrected chi connectivity index (χ0v) is 10.6. The first-order valence-electron chi connectivity index (χ1n) is 5.26. The van der Waals surface area contributed by atoms with Crippen LogP contribution in [0.1, 0.15) is 0 Å². The van der Waals surface area contributed by atoms with Crippen molar-refractivity contribution in [1.82, 2.24) is 0 Å². The Morgan fingerprint density at radius 3 is 2.71 bits per heavy atom. The zero-order valence-electron chi connectivity index (χ0n) is 8.93. The van der Waals surface area contributed by atoms with E-state index in [0.29, 0.717) is 5.25 Å². The summed E-state index contributed by atoms with van der Waals surface area (Å²) in [5.74, 6) is 1.98. The molecule has 0 aromatic heterocycles. The third kappa shape index (κ3) is 1.57. The van der Waals surface area contributed by atoms with E-state index >= 15 is 0 Å². The second-order valence-electron chi connectivity index (χ2n) is 3.86. The van der Waals surface area contributed by atoms with Gasteiger partial charge in [0, 0.05) is 22.0 Å². The Morgan fingerprint density at radius 2 is 1.94 bits per heavy atom. The molecule has 0 aromatic rings. The van der Waals surface area contributed by atoms with Crippen LogP contribution in [0.4, 0.5) is 0 Å². The molecule has 2 aliphatic heterocycles. The number of hydrogen-bond acceptors (Lipinski definition) is 4. The number of thioether (sulfide) groups is 2. The summed E-state index contributed by atoms with van der Waals surface area (Å²) in [6, 6.07) is 4.02. The highest BCUT2D eigenvalue weighted by atomic mass is 32.2. The molecular formula is C13H8N2S2. The Labute approximate surface area is 108 Å². The number of hydrogen-bond donors (Lipinski definition) is 0. The van der Waals surface area contributed by atoms with Gasteiger partial charge >= 0.3 is 0 Å². The van der Waals surface area contributed by atoms with Gasteiger partial charge in [0.25, 0.3) is 0 Å². The van der Waals surface area contributed by atoms with E-state index in [-0.39, 0.29) is 5.57 Å².